The molecule has 0 aliphatic carbocycles. The molecule has 0 saturated carbocycles. The fourth-order valence-corrected chi connectivity index (χ4v) is 4.97. The van der Waals surface area contributed by atoms with Crippen molar-refractivity contribution in [1.82, 2.24) is 15.0 Å². The van der Waals surface area contributed by atoms with Crippen molar-refractivity contribution in [2.75, 3.05) is 15.4 Å². The lowest BCUT2D eigenvalue weighted by molar-refractivity contribution is 0.601. The molecule has 2 aromatic heterocycles. The summed E-state index contributed by atoms with van der Waals surface area (Å²) in [6.07, 6.45) is 1.69. The minimum absolute atomic E-state index is 0.0392. The molecule has 8 nitrogen and oxygen atoms in total. The van der Waals surface area contributed by atoms with Crippen molar-refractivity contribution in [2.45, 2.75) is 18.7 Å². The second-order valence-electron chi connectivity index (χ2n) is 7.37. The zero-order valence-corrected chi connectivity index (χ0v) is 20.5. The van der Waals surface area contributed by atoms with Gasteiger partial charge in [0.2, 0.25) is 0 Å². The van der Waals surface area contributed by atoms with E-state index in [1.165, 1.54) is 12.1 Å². The van der Waals surface area contributed by atoms with Gasteiger partial charge in [0.1, 0.15) is 28.2 Å². The fraction of sp³-hybridized carbons (Fsp3) is 0.0870. The topological polar surface area (TPSA) is 109 Å². The Morgan fingerprint density at radius 1 is 0.765 bits per heavy atom. The first kappa shape index (κ1) is 23.7. The predicted octanol–water partition coefficient (Wildman–Crippen LogP) is 6.08. The molecule has 0 saturated heterocycles. The third-order valence-corrected chi connectivity index (χ3v) is 6.92. The molecule has 3 N–H and O–H groups in total. The number of halogens is 2. The zero-order chi connectivity index (χ0) is 24.3. The lowest BCUT2D eigenvalue weighted by Crippen LogP contribution is -2.13. The quantitative estimate of drug-likeness (QED) is 0.274. The Morgan fingerprint density at radius 2 is 1.44 bits per heavy atom. The molecule has 2 heterocycles. The average Bonchev–Trinajstić information content (AvgIpc) is 2.77. The molecular formula is C23H20Cl2N6O2S. The van der Waals surface area contributed by atoms with Crippen molar-refractivity contribution in [1.29, 1.82) is 0 Å². The maximum absolute atomic E-state index is 12.8. The Labute approximate surface area is 207 Å². The maximum Gasteiger partial charge on any atom is 0.263 e. The number of nitrogens with zero attached hydrogens (tertiary/aromatic N) is 3. The Kier molecular flexibility index (Phi) is 6.87. The van der Waals surface area contributed by atoms with Gasteiger partial charge in [0.15, 0.2) is 0 Å². The molecule has 2 aromatic carbocycles. The lowest BCUT2D eigenvalue weighted by Gasteiger charge is -2.12. The number of hydrogen-bond acceptors (Lipinski definition) is 7. The van der Waals surface area contributed by atoms with Gasteiger partial charge in [0.25, 0.3) is 10.0 Å². The number of pyridine rings is 1. The molecular weight excluding hydrogens is 495 g/mol. The van der Waals surface area contributed by atoms with Crippen molar-refractivity contribution in [3.63, 3.8) is 0 Å². The van der Waals surface area contributed by atoms with Crippen LogP contribution in [0.4, 0.5) is 28.8 Å². The van der Waals surface area contributed by atoms with Gasteiger partial charge in [0, 0.05) is 28.7 Å². The van der Waals surface area contributed by atoms with Gasteiger partial charge >= 0.3 is 0 Å². The number of anilines is 5. The number of sulfonamides is 1. The number of aryl methyl sites for hydroxylation is 2. The van der Waals surface area contributed by atoms with Gasteiger partial charge in [-0.25, -0.2) is 23.4 Å². The SMILES string of the molecule is Cc1nc(Nc2ccc(NS(=O)(=O)c3cc(C)c(Cl)cc3Cl)cc2)cc(Nc2ccccn2)n1. The molecule has 0 aliphatic heterocycles. The maximum atomic E-state index is 12.8. The molecule has 0 spiro atoms. The first-order valence-corrected chi connectivity index (χ1v) is 12.3. The second-order valence-corrected chi connectivity index (χ2v) is 9.83. The number of nitrogens with one attached hydrogen (secondary N) is 3. The van der Waals surface area contributed by atoms with Crippen molar-refractivity contribution >= 4 is 62.1 Å². The van der Waals surface area contributed by atoms with E-state index in [0.717, 1.165) is 0 Å². The third kappa shape index (κ3) is 5.74. The Hall–Kier alpha value is -3.40. The van der Waals surface area contributed by atoms with Gasteiger partial charge in [0.05, 0.1) is 5.02 Å². The molecule has 11 heteroatoms. The van der Waals surface area contributed by atoms with Crippen LogP contribution in [0, 0.1) is 13.8 Å². The Balaban J connectivity index is 1.49. The van der Waals surface area contributed by atoms with Crippen LogP contribution in [0.3, 0.4) is 0 Å². The minimum atomic E-state index is -3.89. The highest BCUT2D eigenvalue weighted by atomic mass is 35.5. The molecule has 0 fully saturated rings. The number of aromatic nitrogens is 3. The van der Waals surface area contributed by atoms with Crippen LogP contribution in [-0.2, 0) is 10.0 Å². The largest absolute Gasteiger partial charge is 0.340 e. The van der Waals surface area contributed by atoms with E-state index in [1.807, 2.05) is 18.2 Å². The van der Waals surface area contributed by atoms with E-state index in [4.69, 9.17) is 23.2 Å². The smallest absolute Gasteiger partial charge is 0.263 e. The summed E-state index contributed by atoms with van der Waals surface area (Å²) < 4.78 is 28.1. The van der Waals surface area contributed by atoms with Crippen LogP contribution in [0.5, 0.6) is 0 Å². The van der Waals surface area contributed by atoms with Crippen molar-refractivity contribution in [2.24, 2.45) is 0 Å². The molecule has 0 radical (unpaired) electrons. The normalized spacial score (nSPS) is 11.2. The number of benzene rings is 2. The highest BCUT2D eigenvalue weighted by Gasteiger charge is 2.19. The summed E-state index contributed by atoms with van der Waals surface area (Å²) in [7, 11) is -3.89. The van der Waals surface area contributed by atoms with Gasteiger partial charge in [-0.2, -0.15) is 0 Å². The van der Waals surface area contributed by atoms with E-state index in [1.54, 1.807) is 50.4 Å². The molecule has 0 amide bonds. The summed E-state index contributed by atoms with van der Waals surface area (Å²) in [5, 5.41) is 6.78. The standard InChI is InChI=1S/C23H20Cl2N6O2S/c1-14-11-20(19(25)12-18(14)24)34(32,33)31-17-8-6-16(7-9-17)29-22-13-23(28-15(2)27-22)30-21-5-3-4-10-26-21/h3-13,31H,1-2H3,(H2,26,27,28,29,30). The van der Waals surface area contributed by atoms with E-state index in [2.05, 4.69) is 30.3 Å². The molecule has 4 rings (SSSR count). The van der Waals surface area contributed by atoms with Crippen LogP contribution >= 0.6 is 23.2 Å². The van der Waals surface area contributed by atoms with Gasteiger partial charge in [-0.05, 0) is 67.9 Å². The molecule has 34 heavy (non-hydrogen) atoms. The van der Waals surface area contributed by atoms with Crippen LogP contribution in [-0.4, -0.2) is 23.4 Å². The second kappa shape index (κ2) is 9.84. The van der Waals surface area contributed by atoms with Crippen molar-refractivity contribution in [3.8, 4) is 0 Å². The third-order valence-electron chi connectivity index (χ3n) is 4.67. The highest BCUT2D eigenvalue weighted by molar-refractivity contribution is 7.92. The summed E-state index contributed by atoms with van der Waals surface area (Å²) in [6.45, 7) is 3.50. The summed E-state index contributed by atoms with van der Waals surface area (Å²) in [5.41, 5.74) is 1.71. The molecule has 4 aromatic rings. The van der Waals surface area contributed by atoms with E-state index in [0.29, 0.717) is 45.2 Å². The zero-order valence-electron chi connectivity index (χ0n) is 18.2. The van der Waals surface area contributed by atoms with Gasteiger partial charge < -0.3 is 10.6 Å². The van der Waals surface area contributed by atoms with Crippen LogP contribution in [0.15, 0.2) is 71.8 Å². The summed E-state index contributed by atoms with van der Waals surface area (Å²) in [6, 6.07) is 16.9. The van der Waals surface area contributed by atoms with E-state index < -0.39 is 10.0 Å². The van der Waals surface area contributed by atoms with Gasteiger partial charge in [-0.1, -0.05) is 29.3 Å². The molecule has 174 valence electrons. The van der Waals surface area contributed by atoms with E-state index in [9.17, 15) is 8.42 Å². The van der Waals surface area contributed by atoms with E-state index >= 15 is 0 Å². The van der Waals surface area contributed by atoms with Gasteiger partial charge in [-0.3, -0.25) is 4.72 Å². The van der Waals surface area contributed by atoms with Gasteiger partial charge in [-0.15, -0.1) is 0 Å². The average molecular weight is 515 g/mol. The Morgan fingerprint density at radius 3 is 2.12 bits per heavy atom. The summed E-state index contributed by atoms with van der Waals surface area (Å²) in [5.74, 6) is 2.40. The first-order valence-electron chi connectivity index (χ1n) is 10.1. The van der Waals surface area contributed by atoms with Crippen LogP contribution in [0.2, 0.25) is 10.0 Å². The fourth-order valence-electron chi connectivity index (χ4n) is 3.08. The lowest BCUT2D eigenvalue weighted by atomic mass is 10.2. The predicted molar refractivity (Wildman–Crippen MR) is 136 cm³/mol. The van der Waals surface area contributed by atoms with Crippen LogP contribution < -0.4 is 15.4 Å². The molecule has 0 unspecified atom stereocenters. The summed E-state index contributed by atoms with van der Waals surface area (Å²) in [4.78, 5) is 13.0. The molecule has 0 atom stereocenters. The minimum Gasteiger partial charge on any atom is -0.340 e. The molecule has 0 bridgehead atoms. The monoisotopic (exact) mass is 514 g/mol. The number of rotatable bonds is 7. The van der Waals surface area contributed by atoms with E-state index in [-0.39, 0.29) is 9.92 Å². The van der Waals surface area contributed by atoms with Crippen molar-refractivity contribution in [3.05, 3.63) is 88.3 Å². The Bertz CT molecular complexity index is 1430. The van der Waals surface area contributed by atoms with Crippen LogP contribution in [0.25, 0.3) is 0 Å². The highest BCUT2D eigenvalue weighted by Crippen LogP contribution is 2.30. The van der Waals surface area contributed by atoms with Crippen molar-refractivity contribution < 1.29 is 8.42 Å². The first-order chi connectivity index (χ1) is 16.2. The number of hydrogen-bond donors (Lipinski definition) is 3. The van der Waals surface area contributed by atoms with Crippen LogP contribution in [0.1, 0.15) is 11.4 Å². The summed E-state index contributed by atoms with van der Waals surface area (Å²) >= 11 is 12.1. The molecule has 0 aliphatic rings.